The molecule has 1 rings (SSSR count). The molecule has 0 heterocycles. The molecular weight excluding hydrogens is 262 g/mol. The zero-order valence-corrected chi connectivity index (χ0v) is 10.9. The summed E-state index contributed by atoms with van der Waals surface area (Å²) in [6.07, 6.45) is 0.490. The summed E-state index contributed by atoms with van der Waals surface area (Å²) in [6.45, 7) is 0.561. The molecule has 0 aromatic heterocycles. The van der Waals surface area contributed by atoms with Crippen molar-refractivity contribution in [3.05, 3.63) is 35.4 Å². The summed E-state index contributed by atoms with van der Waals surface area (Å²) in [7, 11) is -1.64. The predicted molar refractivity (Wildman–Crippen MR) is 65.5 cm³/mol. The van der Waals surface area contributed by atoms with Crippen molar-refractivity contribution >= 4 is 10.0 Å². The lowest BCUT2D eigenvalue weighted by atomic mass is 10.2. The first-order valence-electron chi connectivity index (χ1n) is 5.50. The smallest absolute Gasteiger partial charge is 0.211 e. The third kappa shape index (κ3) is 5.07. The minimum atomic E-state index is -3.38. The van der Waals surface area contributed by atoms with E-state index in [1.807, 2.05) is 0 Å². The minimum absolute atomic E-state index is 0.00246. The maximum absolute atomic E-state index is 12.9. The van der Waals surface area contributed by atoms with Crippen molar-refractivity contribution in [2.75, 3.05) is 19.3 Å². The zero-order chi connectivity index (χ0) is 13.6. The Hall–Kier alpha value is -1.05. The molecular formula is C11H16F2N2O2S. The maximum atomic E-state index is 12.9. The molecule has 0 amide bonds. The van der Waals surface area contributed by atoms with Crippen LogP contribution in [0.15, 0.2) is 18.2 Å². The normalized spacial score (nSPS) is 11.7. The van der Waals surface area contributed by atoms with Gasteiger partial charge >= 0.3 is 0 Å². The molecule has 4 nitrogen and oxygen atoms in total. The summed E-state index contributed by atoms with van der Waals surface area (Å²) in [5.74, 6) is -1.94. The van der Waals surface area contributed by atoms with Crippen molar-refractivity contribution in [1.29, 1.82) is 0 Å². The van der Waals surface area contributed by atoms with Gasteiger partial charge in [0.05, 0.1) is 5.75 Å². The molecule has 1 aromatic carbocycles. The molecule has 0 bridgehead atoms. The quantitative estimate of drug-likeness (QED) is 0.731. The molecule has 0 atom stereocenters. The van der Waals surface area contributed by atoms with E-state index in [1.165, 1.54) is 6.07 Å². The number of halogens is 2. The second kappa shape index (κ2) is 6.77. The first-order chi connectivity index (χ1) is 8.44. The van der Waals surface area contributed by atoms with E-state index in [2.05, 4.69) is 10.0 Å². The predicted octanol–water partition coefficient (Wildman–Crippen LogP) is 0.994. The van der Waals surface area contributed by atoms with E-state index in [1.54, 1.807) is 7.05 Å². The standard InChI is InChI=1S/C11H16F2N2O2S/c1-14-5-2-6-18(16,17)15-8-9-3-4-10(12)11(13)7-9/h3-4,7,14-15H,2,5-6,8H2,1H3. The van der Waals surface area contributed by atoms with E-state index in [9.17, 15) is 17.2 Å². The van der Waals surface area contributed by atoms with Crippen LogP contribution in [-0.4, -0.2) is 27.8 Å². The average molecular weight is 278 g/mol. The molecule has 0 unspecified atom stereocenters. The lowest BCUT2D eigenvalue weighted by molar-refractivity contribution is 0.506. The van der Waals surface area contributed by atoms with Crippen LogP contribution in [0.25, 0.3) is 0 Å². The Morgan fingerprint density at radius 2 is 1.94 bits per heavy atom. The largest absolute Gasteiger partial charge is 0.320 e. The highest BCUT2D eigenvalue weighted by Crippen LogP contribution is 2.08. The number of benzene rings is 1. The Bertz CT molecular complexity index is 492. The molecule has 0 spiro atoms. The molecule has 0 saturated heterocycles. The van der Waals surface area contributed by atoms with Crippen LogP contribution >= 0.6 is 0 Å². The van der Waals surface area contributed by atoms with Gasteiger partial charge in [-0.2, -0.15) is 0 Å². The molecule has 0 aliphatic carbocycles. The van der Waals surface area contributed by atoms with E-state index in [0.717, 1.165) is 12.1 Å². The molecule has 102 valence electrons. The molecule has 2 N–H and O–H groups in total. The molecule has 0 fully saturated rings. The Labute approximate surface area is 105 Å². The van der Waals surface area contributed by atoms with Gasteiger partial charge < -0.3 is 5.32 Å². The molecule has 7 heteroatoms. The van der Waals surface area contributed by atoms with Crippen LogP contribution in [0, 0.1) is 11.6 Å². The summed E-state index contributed by atoms with van der Waals surface area (Å²) in [5, 5.41) is 2.84. The van der Waals surface area contributed by atoms with Crippen molar-refractivity contribution in [2.45, 2.75) is 13.0 Å². The molecule has 0 aliphatic rings. The number of hydrogen-bond donors (Lipinski definition) is 2. The Balaban J connectivity index is 2.51. The number of sulfonamides is 1. The van der Waals surface area contributed by atoms with Crippen LogP contribution in [0.3, 0.4) is 0 Å². The Morgan fingerprint density at radius 3 is 2.56 bits per heavy atom. The number of rotatable bonds is 7. The van der Waals surface area contributed by atoms with E-state index in [4.69, 9.17) is 0 Å². The molecule has 0 aliphatic heterocycles. The van der Waals surface area contributed by atoms with E-state index in [-0.39, 0.29) is 12.3 Å². The van der Waals surface area contributed by atoms with Crippen LogP contribution in [0.4, 0.5) is 8.78 Å². The lowest BCUT2D eigenvalue weighted by Gasteiger charge is -2.07. The second-order valence-electron chi connectivity index (χ2n) is 3.85. The molecule has 18 heavy (non-hydrogen) atoms. The first kappa shape index (κ1) is 15.0. The van der Waals surface area contributed by atoms with Gasteiger partial charge in [-0.05, 0) is 37.7 Å². The Kier molecular flexibility index (Phi) is 5.64. The van der Waals surface area contributed by atoms with Crippen LogP contribution in [-0.2, 0) is 16.6 Å². The topological polar surface area (TPSA) is 58.2 Å². The number of hydrogen-bond acceptors (Lipinski definition) is 3. The summed E-state index contributed by atoms with van der Waals surface area (Å²) in [5.41, 5.74) is 0.381. The maximum Gasteiger partial charge on any atom is 0.211 e. The highest BCUT2D eigenvalue weighted by atomic mass is 32.2. The fourth-order valence-electron chi connectivity index (χ4n) is 1.35. The van der Waals surface area contributed by atoms with Crippen molar-refractivity contribution in [2.24, 2.45) is 0 Å². The number of nitrogens with one attached hydrogen (secondary N) is 2. The van der Waals surface area contributed by atoms with Crippen molar-refractivity contribution in [3.63, 3.8) is 0 Å². The van der Waals surface area contributed by atoms with Crippen LogP contribution < -0.4 is 10.0 Å². The van der Waals surface area contributed by atoms with Gasteiger partial charge in [0, 0.05) is 6.54 Å². The summed E-state index contributed by atoms with van der Waals surface area (Å²) < 4.78 is 50.9. The lowest BCUT2D eigenvalue weighted by Crippen LogP contribution is -2.27. The fraction of sp³-hybridized carbons (Fsp3) is 0.455. The van der Waals surface area contributed by atoms with Gasteiger partial charge in [-0.3, -0.25) is 0 Å². The monoisotopic (exact) mass is 278 g/mol. The summed E-state index contributed by atoms with van der Waals surface area (Å²) >= 11 is 0. The van der Waals surface area contributed by atoms with Gasteiger partial charge in [-0.15, -0.1) is 0 Å². The van der Waals surface area contributed by atoms with Gasteiger partial charge in [0.2, 0.25) is 10.0 Å². The van der Waals surface area contributed by atoms with Crippen molar-refractivity contribution < 1.29 is 17.2 Å². The van der Waals surface area contributed by atoms with E-state index < -0.39 is 21.7 Å². The van der Waals surface area contributed by atoms with Gasteiger partial charge in [0.15, 0.2) is 11.6 Å². The third-order valence-electron chi connectivity index (χ3n) is 2.32. The molecule has 0 saturated carbocycles. The van der Waals surface area contributed by atoms with Crippen LogP contribution in [0.5, 0.6) is 0 Å². The summed E-state index contributed by atoms with van der Waals surface area (Å²) in [6, 6.07) is 3.29. The highest BCUT2D eigenvalue weighted by Gasteiger charge is 2.10. The van der Waals surface area contributed by atoms with Crippen molar-refractivity contribution in [3.8, 4) is 0 Å². The second-order valence-corrected chi connectivity index (χ2v) is 5.77. The van der Waals surface area contributed by atoms with E-state index in [0.29, 0.717) is 18.5 Å². The Morgan fingerprint density at radius 1 is 1.22 bits per heavy atom. The first-order valence-corrected chi connectivity index (χ1v) is 7.16. The fourth-order valence-corrected chi connectivity index (χ4v) is 2.41. The van der Waals surface area contributed by atoms with Crippen LogP contribution in [0.2, 0.25) is 0 Å². The van der Waals surface area contributed by atoms with E-state index >= 15 is 0 Å². The SMILES string of the molecule is CNCCCS(=O)(=O)NCc1ccc(F)c(F)c1. The van der Waals surface area contributed by atoms with Crippen LogP contribution in [0.1, 0.15) is 12.0 Å². The third-order valence-corrected chi connectivity index (χ3v) is 3.73. The minimum Gasteiger partial charge on any atom is -0.320 e. The van der Waals surface area contributed by atoms with Gasteiger partial charge in [0.25, 0.3) is 0 Å². The molecule has 1 aromatic rings. The van der Waals surface area contributed by atoms with Crippen molar-refractivity contribution in [1.82, 2.24) is 10.0 Å². The summed E-state index contributed by atoms with van der Waals surface area (Å²) in [4.78, 5) is 0. The van der Waals surface area contributed by atoms with Gasteiger partial charge in [0.1, 0.15) is 0 Å². The highest BCUT2D eigenvalue weighted by molar-refractivity contribution is 7.89. The van der Waals surface area contributed by atoms with Gasteiger partial charge in [-0.1, -0.05) is 6.07 Å². The zero-order valence-electron chi connectivity index (χ0n) is 10.0. The molecule has 0 radical (unpaired) electrons. The van der Waals surface area contributed by atoms with Gasteiger partial charge in [-0.25, -0.2) is 21.9 Å². The average Bonchev–Trinajstić information content (AvgIpc) is 2.31.